The number of nitrogens with one attached hydrogen (secondary N) is 1. The first kappa shape index (κ1) is 19.2. The minimum absolute atomic E-state index is 0.00821. The minimum Gasteiger partial charge on any atom is -0.368 e. The Balaban J connectivity index is 1.46. The third-order valence-electron chi connectivity index (χ3n) is 4.01. The second-order valence-electron chi connectivity index (χ2n) is 6.04. The van der Waals surface area contributed by atoms with Crippen LogP contribution in [0.1, 0.15) is 17.2 Å². The van der Waals surface area contributed by atoms with Crippen LogP contribution >= 0.6 is 11.8 Å². The largest absolute Gasteiger partial charge is 0.368 e. The van der Waals surface area contributed by atoms with E-state index in [1.807, 2.05) is 66.7 Å². The Kier molecular flexibility index (Phi) is 7.51. The maximum Gasteiger partial charge on any atom is 0.234 e. The fraction of sp³-hybridized carbons (Fsp3) is 0.174. The zero-order chi connectivity index (χ0) is 18.7. The number of anilines is 1. The lowest BCUT2D eigenvalue weighted by atomic mass is 10.0. The van der Waals surface area contributed by atoms with E-state index in [0.717, 1.165) is 22.6 Å². The highest BCUT2D eigenvalue weighted by Gasteiger charge is 2.14. The summed E-state index contributed by atoms with van der Waals surface area (Å²) in [7, 11) is 0. The molecule has 4 heteroatoms. The number of hydrogen-bond acceptors (Lipinski definition) is 3. The molecular formula is C23H23NO2S. The molecular weight excluding hydrogens is 354 g/mol. The van der Waals surface area contributed by atoms with Crippen molar-refractivity contribution in [2.24, 2.45) is 0 Å². The lowest BCUT2D eigenvalue weighted by Gasteiger charge is -2.19. The van der Waals surface area contributed by atoms with Gasteiger partial charge in [-0.3, -0.25) is 4.79 Å². The molecule has 0 radical (unpaired) electrons. The van der Waals surface area contributed by atoms with Gasteiger partial charge in [0.25, 0.3) is 0 Å². The van der Waals surface area contributed by atoms with Gasteiger partial charge in [-0.15, -0.1) is 11.8 Å². The van der Waals surface area contributed by atoms with Gasteiger partial charge in [0.05, 0.1) is 12.4 Å². The molecule has 3 aromatic carbocycles. The van der Waals surface area contributed by atoms with Crippen LogP contribution in [-0.4, -0.2) is 24.0 Å². The van der Waals surface area contributed by atoms with Crippen molar-refractivity contribution in [2.45, 2.75) is 6.10 Å². The first-order valence-corrected chi connectivity index (χ1v) is 10.1. The molecule has 0 bridgehead atoms. The Hall–Kier alpha value is -2.56. The van der Waals surface area contributed by atoms with Crippen LogP contribution in [0.4, 0.5) is 5.69 Å². The summed E-state index contributed by atoms with van der Waals surface area (Å²) in [6, 6.07) is 30.0. The molecule has 0 fully saturated rings. The van der Waals surface area contributed by atoms with Gasteiger partial charge < -0.3 is 10.1 Å². The molecule has 0 unspecified atom stereocenters. The van der Waals surface area contributed by atoms with Crippen molar-refractivity contribution in [3.8, 4) is 0 Å². The maximum atomic E-state index is 12.0. The summed E-state index contributed by atoms with van der Waals surface area (Å²) >= 11 is 1.58. The third-order valence-corrected chi connectivity index (χ3v) is 4.93. The van der Waals surface area contributed by atoms with Gasteiger partial charge >= 0.3 is 0 Å². The van der Waals surface area contributed by atoms with E-state index >= 15 is 0 Å². The molecule has 0 saturated heterocycles. The van der Waals surface area contributed by atoms with Gasteiger partial charge in [0.15, 0.2) is 0 Å². The number of carbonyl (C=O) groups is 1. The Morgan fingerprint density at radius 3 is 1.89 bits per heavy atom. The predicted octanol–water partition coefficient (Wildman–Crippen LogP) is 5.16. The highest BCUT2D eigenvalue weighted by atomic mass is 32.2. The van der Waals surface area contributed by atoms with E-state index < -0.39 is 0 Å². The summed E-state index contributed by atoms with van der Waals surface area (Å²) in [5.74, 6) is 1.19. The van der Waals surface area contributed by atoms with E-state index in [0.29, 0.717) is 12.4 Å². The fourth-order valence-electron chi connectivity index (χ4n) is 2.75. The number of rotatable bonds is 9. The smallest absolute Gasteiger partial charge is 0.234 e. The van der Waals surface area contributed by atoms with Crippen molar-refractivity contribution in [1.82, 2.24) is 0 Å². The summed E-state index contributed by atoms with van der Waals surface area (Å²) in [6.45, 7) is 0.581. The third kappa shape index (κ3) is 6.27. The number of hydrogen-bond donors (Lipinski definition) is 1. The topological polar surface area (TPSA) is 38.3 Å². The molecule has 0 aromatic heterocycles. The van der Waals surface area contributed by atoms with Gasteiger partial charge in [-0.2, -0.15) is 0 Å². The van der Waals surface area contributed by atoms with Crippen molar-refractivity contribution >= 4 is 23.4 Å². The zero-order valence-electron chi connectivity index (χ0n) is 15.1. The van der Waals surface area contributed by atoms with E-state index in [1.54, 1.807) is 11.8 Å². The average molecular weight is 378 g/mol. The molecule has 0 aliphatic heterocycles. The first-order valence-electron chi connectivity index (χ1n) is 8.97. The number of benzene rings is 3. The van der Waals surface area contributed by atoms with Gasteiger partial charge in [-0.05, 0) is 23.3 Å². The minimum atomic E-state index is -0.0915. The summed E-state index contributed by atoms with van der Waals surface area (Å²) in [4.78, 5) is 12.0. The zero-order valence-corrected chi connectivity index (χ0v) is 15.9. The normalized spacial score (nSPS) is 10.7. The van der Waals surface area contributed by atoms with E-state index in [9.17, 15) is 4.79 Å². The van der Waals surface area contributed by atoms with Gasteiger partial charge in [0, 0.05) is 11.4 Å². The highest BCUT2D eigenvalue weighted by molar-refractivity contribution is 7.99. The van der Waals surface area contributed by atoms with Crippen LogP contribution in [0.2, 0.25) is 0 Å². The summed E-state index contributed by atoms with van der Waals surface area (Å²) in [5, 5.41) is 2.89. The van der Waals surface area contributed by atoms with Gasteiger partial charge in [0.2, 0.25) is 5.91 Å². The van der Waals surface area contributed by atoms with Crippen molar-refractivity contribution in [3.63, 3.8) is 0 Å². The summed E-state index contributed by atoms with van der Waals surface area (Å²) in [5.41, 5.74) is 3.10. The Bertz CT molecular complexity index is 770. The fourth-order valence-corrected chi connectivity index (χ4v) is 3.36. The first-order chi connectivity index (χ1) is 13.3. The molecule has 138 valence electrons. The second kappa shape index (κ2) is 10.6. The van der Waals surface area contributed by atoms with Crippen LogP contribution in [0.25, 0.3) is 0 Å². The molecule has 0 heterocycles. The molecule has 1 N–H and O–H groups in total. The van der Waals surface area contributed by atoms with E-state index in [4.69, 9.17) is 4.74 Å². The molecule has 1 amide bonds. The Labute approximate surface area is 164 Å². The van der Waals surface area contributed by atoms with Crippen molar-refractivity contribution in [3.05, 3.63) is 102 Å². The summed E-state index contributed by atoms with van der Waals surface area (Å²) < 4.78 is 6.16. The van der Waals surface area contributed by atoms with E-state index in [2.05, 4.69) is 29.6 Å². The van der Waals surface area contributed by atoms with Gasteiger partial charge in [0.1, 0.15) is 6.10 Å². The highest BCUT2D eigenvalue weighted by Crippen LogP contribution is 2.25. The number of thioether (sulfide) groups is 1. The van der Waals surface area contributed by atoms with E-state index in [1.165, 1.54) is 0 Å². The molecule has 3 aromatic rings. The van der Waals surface area contributed by atoms with Gasteiger partial charge in [-0.1, -0.05) is 78.9 Å². The van der Waals surface area contributed by atoms with Crippen molar-refractivity contribution < 1.29 is 9.53 Å². The molecule has 3 rings (SSSR count). The van der Waals surface area contributed by atoms with Crippen LogP contribution in [0.15, 0.2) is 91.0 Å². The average Bonchev–Trinajstić information content (AvgIpc) is 2.73. The quantitative estimate of drug-likeness (QED) is 0.523. The summed E-state index contributed by atoms with van der Waals surface area (Å²) in [6.07, 6.45) is -0.0915. The molecule has 0 aliphatic carbocycles. The number of amides is 1. The maximum absolute atomic E-state index is 12.0. The molecule has 27 heavy (non-hydrogen) atoms. The monoisotopic (exact) mass is 377 g/mol. The second-order valence-corrected chi connectivity index (χ2v) is 7.14. The van der Waals surface area contributed by atoms with Crippen molar-refractivity contribution in [1.29, 1.82) is 0 Å². The Morgan fingerprint density at radius 2 is 1.33 bits per heavy atom. The van der Waals surface area contributed by atoms with Crippen LogP contribution < -0.4 is 5.32 Å². The number of para-hydroxylation sites is 1. The lowest BCUT2D eigenvalue weighted by Crippen LogP contribution is -2.15. The van der Waals surface area contributed by atoms with Crippen LogP contribution in [0.3, 0.4) is 0 Å². The molecule has 0 saturated carbocycles. The van der Waals surface area contributed by atoms with E-state index in [-0.39, 0.29) is 12.0 Å². The Morgan fingerprint density at radius 1 is 0.815 bits per heavy atom. The molecule has 0 atom stereocenters. The molecule has 0 aliphatic rings. The van der Waals surface area contributed by atoms with Crippen molar-refractivity contribution in [2.75, 3.05) is 23.4 Å². The van der Waals surface area contributed by atoms with Crippen LogP contribution in [0.5, 0.6) is 0 Å². The SMILES string of the molecule is O=C(CSCCOC(c1ccccc1)c1ccccc1)Nc1ccccc1. The predicted molar refractivity (Wildman–Crippen MR) is 113 cm³/mol. The van der Waals surface area contributed by atoms with Crippen LogP contribution in [0, 0.1) is 0 Å². The number of ether oxygens (including phenoxy) is 1. The lowest BCUT2D eigenvalue weighted by molar-refractivity contribution is -0.113. The standard InChI is InChI=1S/C23H23NO2S/c25-22(24-21-14-8-3-9-15-21)18-27-17-16-26-23(19-10-4-1-5-11-19)20-12-6-2-7-13-20/h1-15,23H,16-18H2,(H,24,25). The molecule has 3 nitrogen and oxygen atoms in total. The molecule has 0 spiro atoms. The van der Waals surface area contributed by atoms with Crippen LogP contribution in [-0.2, 0) is 9.53 Å². The number of carbonyl (C=O) groups excluding carboxylic acids is 1. The van der Waals surface area contributed by atoms with Gasteiger partial charge in [-0.25, -0.2) is 0 Å².